The first-order valence-electron chi connectivity index (χ1n) is 7.60. The van der Waals surface area contributed by atoms with Crippen LogP contribution in [-0.2, 0) is 4.79 Å². The lowest BCUT2D eigenvalue weighted by Gasteiger charge is -2.31. The molecule has 3 N–H and O–H groups in total. The summed E-state index contributed by atoms with van der Waals surface area (Å²) in [7, 11) is 1.98. The van der Waals surface area contributed by atoms with Crippen LogP contribution < -0.4 is 16.0 Å². The van der Waals surface area contributed by atoms with E-state index in [1.54, 1.807) is 0 Å². The molecule has 1 heterocycles. The molecule has 0 aromatic rings. The van der Waals surface area contributed by atoms with Gasteiger partial charge in [-0.05, 0) is 58.3 Å². The summed E-state index contributed by atoms with van der Waals surface area (Å²) in [5, 5.41) is 8.18. The van der Waals surface area contributed by atoms with Crippen molar-refractivity contribution in [2.75, 3.05) is 39.8 Å². The molecular formula is C14H29ClN4O2. The quantitative estimate of drug-likeness (QED) is 0.653. The molecule has 0 radical (unpaired) electrons. The van der Waals surface area contributed by atoms with Gasteiger partial charge in [-0.3, -0.25) is 15.0 Å². The van der Waals surface area contributed by atoms with E-state index in [2.05, 4.69) is 20.9 Å². The van der Waals surface area contributed by atoms with E-state index in [4.69, 9.17) is 0 Å². The molecule has 0 spiro atoms. The van der Waals surface area contributed by atoms with Crippen molar-refractivity contribution in [3.05, 3.63) is 0 Å². The Balaban J connectivity index is 0.00000400. The second kappa shape index (κ2) is 11.8. The van der Waals surface area contributed by atoms with Crippen molar-refractivity contribution in [2.45, 2.75) is 32.6 Å². The minimum absolute atomic E-state index is 0. The summed E-state index contributed by atoms with van der Waals surface area (Å²) in [6.07, 6.45) is 4.34. The number of imide groups is 1. The molecule has 3 amide bonds. The summed E-state index contributed by atoms with van der Waals surface area (Å²) in [6, 6.07) is -0.388. The molecule has 0 unspecified atom stereocenters. The van der Waals surface area contributed by atoms with Crippen LogP contribution in [0.5, 0.6) is 0 Å². The van der Waals surface area contributed by atoms with Crippen LogP contribution in [0.1, 0.15) is 32.6 Å². The van der Waals surface area contributed by atoms with Gasteiger partial charge in [0, 0.05) is 6.54 Å². The number of nitrogens with zero attached hydrogens (tertiary/aromatic N) is 1. The third-order valence-electron chi connectivity index (χ3n) is 3.67. The monoisotopic (exact) mass is 320 g/mol. The SMILES string of the molecule is CCCNC(=O)NC(=O)CN1CCC(CCNC)CC1.Cl. The third kappa shape index (κ3) is 8.90. The number of likely N-dealkylation sites (tertiary alicyclic amines) is 1. The fourth-order valence-electron chi connectivity index (χ4n) is 2.43. The van der Waals surface area contributed by atoms with Crippen molar-refractivity contribution < 1.29 is 9.59 Å². The predicted octanol–water partition coefficient (Wildman–Crippen LogP) is 0.965. The maximum Gasteiger partial charge on any atom is 0.321 e. The molecule has 1 aliphatic heterocycles. The molecule has 1 rings (SSSR count). The summed E-state index contributed by atoms with van der Waals surface area (Å²) in [4.78, 5) is 25.2. The number of carbonyl (C=O) groups is 2. The largest absolute Gasteiger partial charge is 0.338 e. The van der Waals surface area contributed by atoms with E-state index in [9.17, 15) is 9.59 Å². The average molecular weight is 321 g/mol. The Morgan fingerprint density at radius 1 is 1.19 bits per heavy atom. The number of carbonyl (C=O) groups excluding carboxylic acids is 2. The van der Waals surface area contributed by atoms with E-state index >= 15 is 0 Å². The molecule has 1 aliphatic rings. The highest BCUT2D eigenvalue weighted by molar-refractivity contribution is 5.95. The zero-order valence-corrected chi connectivity index (χ0v) is 13.9. The first kappa shape index (κ1) is 20.1. The first-order chi connectivity index (χ1) is 9.65. The highest BCUT2D eigenvalue weighted by Gasteiger charge is 2.20. The molecule has 0 atom stereocenters. The van der Waals surface area contributed by atoms with Gasteiger partial charge in [-0.25, -0.2) is 4.79 Å². The lowest BCUT2D eigenvalue weighted by molar-refractivity contribution is -0.121. The van der Waals surface area contributed by atoms with Gasteiger partial charge in [0.05, 0.1) is 6.54 Å². The Hall–Kier alpha value is -0.850. The Labute approximate surface area is 133 Å². The second-order valence-electron chi connectivity index (χ2n) is 5.42. The Kier molecular flexibility index (Phi) is 11.3. The molecule has 1 saturated heterocycles. The van der Waals surface area contributed by atoms with Crippen molar-refractivity contribution in [3.63, 3.8) is 0 Å². The van der Waals surface area contributed by atoms with Crippen molar-refractivity contribution in [2.24, 2.45) is 5.92 Å². The summed E-state index contributed by atoms with van der Waals surface area (Å²) in [6.45, 7) is 5.83. The lowest BCUT2D eigenvalue weighted by Crippen LogP contribution is -2.46. The van der Waals surface area contributed by atoms with Crippen LogP contribution in [0.25, 0.3) is 0 Å². The topological polar surface area (TPSA) is 73.5 Å². The van der Waals surface area contributed by atoms with E-state index < -0.39 is 0 Å². The fraction of sp³-hybridized carbons (Fsp3) is 0.857. The van der Waals surface area contributed by atoms with E-state index in [1.165, 1.54) is 6.42 Å². The number of piperidine rings is 1. The third-order valence-corrected chi connectivity index (χ3v) is 3.67. The number of rotatable bonds is 7. The molecule has 124 valence electrons. The van der Waals surface area contributed by atoms with Gasteiger partial charge in [-0.1, -0.05) is 6.92 Å². The van der Waals surface area contributed by atoms with Gasteiger partial charge in [-0.2, -0.15) is 0 Å². The Morgan fingerprint density at radius 2 is 1.86 bits per heavy atom. The highest BCUT2D eigenvalue weighted by atomic mass is 35.5. The summed E-state index contributed by atoms with van der Waals surface area (Å²) in [5.41, 5.74) is 0. The highest BCUT2D eigenvalue weighted by Crippen LogP contribution is 2.19. The van der Waals surface area contributed by atoms with Crippen LogP contribution in [0.4, 0.5) is 4.79 Å². The van der Waals surface area contributed by atoms with Gasteiger partial charge < -0.3 is 10.6 Å². The van der Waals surface area contributed by atoms with Crippen molar-refractivity contribution in [3.8, 4) is 0 Å². The lowest BCUT2D eigenvalue weighted by atomic mass is 9.93. The van der Waals surface area contributed by atoms with Crippen LogP contribution in [0.15, 0.2) is 0 Å². The van der Waals surface area contributed by atoms with Gasteiger partial charge in [0.1, 0.15) is 0 Å². The van der Waals surface area contributed by atoms with Crippen LogP contribution in [0, 0.1) is 5.92 Å². The fourth-order valence-corrected chi connectivity index (χ4v) is 2.43. The normalized spacial score (nSPS) is 16.1. The molecular weight excluding hydrogens is 292 g/mol. The van der Waals surface area contributed by atoms with Crippen molar-refractivity contribution >= 4 is 24.3 Å². The maximum atomic E-state index is 11.7. The van der Waals surface area contributed by atoms with Crippen LogP contribution in [-0.4, -0.2) is 56.6 Å². The number of halogens is 1. The standard InChI is InChI=1S/C14H28N4O2.ClH/c1-3-7-16-14(20)17-13(19)11-18-9-5-12(6-10-18)4-8-15-2;/h12,15H,3-11H2,1-2H3,(H2,16,17,19,20);1H. The number of urea groups is 1. The van der Waals surface area contributed by atoms with Gasteiger partial charge in [0.15, 0.2) is 0 Å². The zero-order chi connectivity index (χ0) is 14.8. The van der Waals surface area contributed by atoms with Crippen LogP contribution in [0.2, 0.25) is 0 Å². The molecule has 0 aromatic carbocycles. The minimum Gasteiger partial charge on any atom is -0.338 e. The number of hydrogen-bond acceptors (Lipinski definition) is 4. The van der Waals surface area contributed by atoms with Crippen LogP contribution >= 0.6 is 12.4 Å². The minimum atomic E-state index is -0.388. The van der Waals surface area contributed by atoms with E-state index in [0.717, 1.165) is 44.8 Å². The van der Waals surface area contributed by atoms with Crippen molar-refractivity contribution in [1.82, 2.24) is 20.9 Å². The maximum absolute atomic E-state index is 11.7. The average Bonchev–Trinajstić information content (AvgIpc) is 2.44. The smallest absolute Gasteiger partial charge is 0.321 e. The predicted molar refractivity (Wildman–Crippen MR) is 86.8 cm³/mol. The van der Waals surface area contributed by atoms with E-state index in [-0.39, 0.29) is 24.3 Å². The molecule has 7 heteroatoms. The molecule has 0 aromatic heterocycles. The number of hydrogen-bond donors (Lipinski definition) is 3. The molecule has 1 fully saturated rings. The number of amides is 3. The summed E-state index contributed by atoms with van der Waals surface area (Å²) in [5.74, 6) is 0.543. The molecule has 0 saturated carbocycles. The van der Waals surface area contributed by atoms with Gasteiger partial charge in [0.2, 0.25) is 5.91 Å². The summed E-state index contributed by atoms with van der Waals surface area (Å²) >= 11 is 0. The second-order valence-corrected chi connectivity index (χ2v) is 5.42. The molecule has 0 aliphatic carbocycles. The molecule has 6 nitrogen and oxygen atoms in total. The molecule has 0 bridgehead atoms. The van der Waals surface area contributed by atoms with Gasteiger partial charge in [-0.15, -0.1) is 12.4 Å². The van der Waals surface area contributed by atoms with E-state index in [1.807, 2.05) is 14.0 Å². The number of nitrogens with one attached hydrogen (secondary N) is 3. The van der Waals surface area contributed by atoms with E-state index in [0.29, 0.717) is 13.1 Å². The van der Waals surface area contributed by atoms with Gasteiger partial charge in [0.25, 0.3) is 0 Å². The zero-order valence-electron chi connectivity index (χ0n) is 13.1. The van der Waals surface area contributed by atoms with Crippen molar-refractivity contribution in [1.29, 1.82) is 0 Å². The first-order valence-corrected chi connectivity index (χ1v) is 7.60. The molecule has 21 heavy (non-hydrogen) atoms. The summed E-state index contributed by atoms with van der Waals surface area (Å²) < 4.78 is 0. The van der Waals surface area contributed by atoms with Crippen LogP contribution in [0.3, 0.4) is 0 Å². The Bertz CT molecular complexity index is 307. The Morgan fingerprint density at radius 3 is 2.43 bits per heavy atom. The van der Waals surface area contributed by atoms with Gasteiger partial charge >= 0.3 is 6.03 Å².